The molecule has 0 spiro atoms. The average Bonchev–Trinajstić information content (AvgIpc) is 2.61. The van der Waals surface area contributed by atoms with Crippen molar-refractivity contribution in [3.63, 3.8) is 0 Å². The van der Waals surface area contributed by atoms with Crippen molar-refractivity contribution in [1.29, 1.82) is 0 Å². The molecular formula is C17H20N2O5. The van der Waals surface area contributed by atoms with Crippen LogP contribution in [0.2, 0.25) is 0 Å². The van der Waals surface area contributed by atoms with Crippen LogP contribution >= 0.6 is 0 Å². The first kappa shape index (κ1) is 17.3. The fourth-order valence-electron chi connectivity index (χ4n) is 2.11. The summed E-state index contributed by atoms with van der Waals surface area (Å²) in [5.74, 6) is 2.24. The molecule has 0 aromatic heterocycles. The molecule has 0 atom stereocenters. The number of carbonyl (C=O) groups is 1. The number of ether oxygens (including phenoxy) is 4. The van der Waals surface area contributed by atoms with Crippen LogP contribution < -0.4 is 29.6 Å². The minimum Gasteiger partial charge on any atom is -0.497 e. The average molecular weight is 332 g/mol. The minimum absolute atomic E-state index is 0.422. The van der Waals surface area contributed by atoms with E-state index in [2.05, 4.69) is 10.6 Å². The van der Waals surface area contributed by atoms with Gasteiger partial charge in [0.2, 0.25) is 0 Å². The lowest BCUT2D eigenvalue weighted by atomic mass is 10.2. The molecule has 0 aliphatic rings. The highest BCUT2D eigenvalue weighted by Crippen LogP contribution is 2.31. The Morgan fingerprint density at radius 3 is 2.04 bits per heavy atom. The Labute approximate surface area is 140 Å². The summed E-state index contributed by atoms with van der Waals surface area (Å²) >= 11 is 0. The van der Waals surface area contributed by atoms with Gasteiger partial charge in [-0.05, 0) is 24.3 Å². The lowest BCUT2D eigenvalue weighted by Gasteiger charge is -2.13. The van der Waals surface area contributed by atoms with E-state index in [1.54, 1.807) is 50.6 Å². The molecule has 2 aromatic carbocycles. The van der Waals surface area contributed by atoms with E-state index in [1.807, 2.05) is 0 Å². The number of urea groups is 1. The SMILES string of the molecule is COc1ccc(OC)c(NC(=O)Nc2ccc(OC)c(OC)c2)c1. The van der Waals surface area contributed by atoms with Gasteiger partial charge in [-0.2, -0.15) is 0 Å². The maximum Gasteiger partial charge on any atom is 0.323 e. The fraction of sp³-hybridized carbons (Fsp3) is 0.235. The number of nitrogens with one attached hydrogen (secondary N) is 2. The van der Waals surface area contributed by atoms with E-state index in [1.165, 1.54) is 14.2 Å². The van der Waals surface area contributed by atoms with Crippen LogP contribution in [0.25, 0.3) is 0 Å². The zero-order valence-electron chi connectivity index (χ0n) is 14.0. The highest BCUT2D eigenvalue weighted by Gasteiger charge is 2.11. The van der Waals surface area contributed by atoms with Crippen molar-refractivity contribution < 1.29 is 23.7 Å². The Bertz CT molecular complexity index is 718. The number of hydrogen-bond donors (Lipinski definition) is 2. The molecule has 0 radical (unpaired) electrons. The summed E-state index contributed by atoms with van der Waals surface area (Å²) in [6.45, 7) is 0. The van der Waals surface area contributed by atoms with Crippen molar-refractivity contribution in [2.75, 3.05) is 39.1 Å². The molecular weight excluding hydrogens is 312 g/mol. The Kier molecular flexibility index (Phi) is 5.73. The van der Waals surface area contributed by atoms with Gasteiger partial charge in [0.05, 0.1) is 34.1 Å². The number of benzene rings is 2. The van der Waals surface area contributed by atoms with Crippen molar-refractivity contribution in [3.05, 3.63) is 36.4 Å². The first-order valence-corrected chi connectivity index (χ1v) is 7.13. The lowest BCUT2D eigenvalue weighted by Crippen LogP contribution is -2.19. The van der Waals surface area contributed by atoms with Crippen LogP contribution in [0.1, 0.15) is 0 Å². The third kappa shape index (κ3) is 4.01. The Morgan fingerprint density at radius 2 is 1.42 bits per heavy atom. The lowest BCUT2D eigenvalue weighted by molar-refractivity contribution is 0.262. The zero-order chi connectivity index (χ0) is 17.5. The van der Waals surface area contributed by atoms with Crippen LogP contribution in [0.15, 0.2) is 36.4 Å². The van der Waals surface area contributed by atoms with Crippen molar-refractivity contribution in [2.24, 2.45) is 0 Å². The number of amides is 2. The maximum atomic E-state index is 12.2. The molecule has 2 rings (SSSR count). The highest BCUT2D eigenvalue weighted by molar-refractivity contribution is 6.01. The number of anilines is 2. The first-order chi connectivity index (χ1) is 11.6. The quantitative estimate of drug-likeness (QED) is 0.848. The second kappa shape index (κ2) is 7.96. The van der Waals surface area contributed by atoms with Crippen molar-refractivity contribution in [3.8, 4) is 23.0 Å². The van der Waals surface area contributed by atoms with Gasteiger partial charge in [0.15, 0.2) is 11.5 Å². The van der Waals surface area contributed by atoms with Crippen molar-refractivity contribution in [1.82, 2.24) is 0 Å². The van der Waals surface area contributed by atoms with Crippen LogP contribution in [-0.2, 0) is 0 Å². The maximum absolute atomic E-state index is 12.2. The summed E-state index contributed by atoms with van der Waals surface area (Å²) in [6, 6.07) is 9.80. The first-order valence-electron chi connectivity index (χ1n) is 7.13. The summed E-state index contributed by atoms with van der Waals surface area (Å²) in [4.78, 5) is 12.2. The number of rotatable bonds is 6. The molecule has 2 N–H and O–H groups in total. The molecule has 0 aliphatic carbocycles. The summed E-state index contributed by atoms with van der Waals surface area (Å²) in [5, 5.41) is 5.45. The molecule has 0 aliphatic heterocycles. The molecule has 0 unspecified atom stereocenters. The van der Waals surface area contributed by atoms with Gasteiger partial charge in [-0.25, -0.2) is 4.79 Å². The van der Waals surface area contributed by atoms with Crippen LogP contribution in [0.3, 0.4) is 0 Å². The standard InChI is InChI=1S/C17H20N2O5/c1-21-12-6-8-14(22-2)13(10-12)19-17(20)18-11-5-7-15(23-3)16(9-11)24-4/h5-10H,1-4H3,(H2,18,19,20). The Balaban J connectivity index is 2.13. The summed E-state index contributed by atoms with van der Waals surface area (Å²) in [6.07, 6.45) is 0. The van der Waals surface area contributed by atoms with Gasteiger partial charge in [-0.3, -0.25) is 0 Å². The molecule has 128 valence electrons. The van der Waals surface area contributed by atoms with E-state index in [4.69, 9.17) is 18.9 Å². The van der Waals surface area contributed by atoms with Gasteiger partial charge in [-0.1, -0.05) is 0 Å². The van der Waals surface area contributed by atoms with E-state index in [9.17, 15) is 4.79 Å². The van der Waals surface area contributed by atoms with Gasteiger partial charge in [0, 0.05) is 17.8 Å². The molecule has 0 heterocycles. The topological polar surface area (TPSA) is 78.1 Å². The molecule has 2 amide bonds. The molecule has 7 heteroatoms. The second-order valence-electron chi connectivity index (χ2n) is 4.72. The van der Waals surface area contributed by atoms with Crippen LogP contribution in [-0.4, -0.2) is 34.5 Å². The van der Waals surface area contributed by atoms with E-state index >= 15 is 0 Å². The predicted molar refractivity (Wildman–Crippen MR) is 91.7 cm³/mol. The normalized spacial score (nSPS) is 9.83. The van der Waals surface area contributed by atoms with E-state index in [0.717, 1.165) is 0 Å². The van der Waals surface area contributed by atoms with E-state index < -0.39 is 6.03 Å². The molecule has 7 nitrogen and oxygen atoms in total. The van der Waals surface area contributed by atoms with Gasteiger partial charge in [-0.15, -0.1) is 0 Å². The minimum atomic E-state index is -0.422. The largest absolute Gasteiger partial charge is 0.497 e. The number of methoxy groups -OCH3 is 4. The highest BCUT2D eigenvalue weighted by atomic mass is 16.5. The Hall–Kier alpha value is -3.09. The van der Waals surface area contributed by atoms with Gasteiger partial charge >= 0.3 is 6.03 Å². The van der Waals surface area contributed by atoms with E-state index in [0.29, 0.717) is 34.4 Å². The molecule has 24 heavy (non-hydrogen) atoms. The van der Waals surface area contributed by atoms with Gasteiger partial charge in [0.1, 0.15) is 11.5 Å². The predicted octanol–water partition coefficient (Wildman–Crippen LogP) is 3.37. The van der Waals surface area contributed by atoms with E-state index in [-0.39, 0.29) is 0 Å². The third-order valence-corrected chi connectivity index (χ3v) is 3.30. The number of hydrogen-bond acceptors (Lipinski definition) is 5. The van der Waals surface area contributed by atoms with Crippen molar-refractivity contribution >= 4 is 17.4 Å². The zero-order valence-corrected chi connectivity index (χ0v) is 14.0. The third-order valence-electron chi connectivity index (χ3n) is 3.30. The van der Waals surface area contributed by atoms with Gasteiger partial charge < -0.3 is 29.6 Å². The molecule has 0 saturated carbocycles. The summed E-state index contributed by atoms with van der Waals surface area (Å²) in [5.41, 5.74) is 1.06. The molecule has 0 fully saturated rings. The summed E-state index contributed by atoms with van der Waals surface area (Å²) < 4.78 is 20.8. The molecule has 0 saturated heterocycles. The fourth-order valence-corrected chi connectivity index (χ4v) is 2.11. The molecule has 0 bridgehead atoms. The Morgan fingerprint density at radius 1 is 0.750 bits per heavy atom. The van der Waals surface area contributed by atoms with Crippen LogP contribution in [0.5, 0.6) is 23.0 Å². The second-order valence-corrected chi connectivity index (χ2v) is 4.72. The smallest absolute Gasteiger partial charge is 0.323 e. The monoisotopic (exact) mass is 332 g/mol. The number of carbonyl (C=O) groups excluding carboxylic acids is 1. The van der Waals surface area contributed by atoms with Gasteiger partial charge in [0.25, 0.3) is 0 Å². The van der Waals surface area contributed by atoms with Crippen LogP contribution in [0.4, 0.5) is 16.2 Å². The van der Waals surface area contributed by atoms with Crippen molar-refractivity contribution in [2.45, 2.75) is 0 Å². The summed E-state index contributed by atoms with van der Waals surface area (Å²) in [7, 11) is 6.16. The van der Waals surface area contributed by atoms with Crippen LogP contribution in [0, 0.1) is 0 Å². The molecule has 2 aromatic rings.